The van der Waals surface area contributed by atoms with E-state index in [1.807, 2.05) is 29.0 Å². The van der Waals surface area contributed by atoms with E-state index < -0.39 is 0 Å². The zero-order chi connectivity index (χ0) is 20.4. The molecule has 0 spiro atoms. The fraction of sp³-hybridized carbons (Fsp3) is 0.238. The number of benzene rings is 1. The van der Waals surface area contributed by atoms with Crippen molar-refractivity contribution in [1.29, 1.82) is 0 Å². The molecule has 1 unspecified atom stereocenters. The first-order valence-electron chi connectivity index (χ1n) is 8.93. The number of hydrazone groups is 1. The third kappa shape index (κ3) is 3.47. The van der Waals surface area contributed by atoms with E-state index in [9.17, 15) is 4.79 Å². The lowest BCUT2D eigenvalue weighted by Crippen LogP contribution is -2.26. The van der Waals surface area contributed by atoms with Gasteiger partial charge in [-0.05, 0) is 46.7 Å². The number of rotatable bonds is 6. The van der Waals surface area contributed by atoms with Crippen molar-refractivity contribution in [2.75, 3.05) is 21.3 Å². The van der Waals surface area contributed by atoms with Gasteiger partial charge in [0.05, 0.1) is 39.3 Å². The quantitative estimate of drug-likeness (QED) is 0.602. The molecule has 7 nitrogen and oxygen atoms in total. The van der Waals surface area contributed by atoms with Crippen molar-refractivity contribution in [3.05, 3.63) is 64.2 Å². The van der Waals surface area contributed by atoms with Gasteiger partial charge < -0.3 is 18.6 Å². The second kappa shape index (κ2) is 8.00. The smallest absolute Gasteiger partial charge is 0.310 e. The summed E-state index contributed by atoms with van der Waals surface area (Å²) in [4.78, 5) is 13.1. The number of thiophene rings is 1. The average molecular weight is 412 g/mol. The highest BCUT2D eigenvalue weighted by molar-refractivity contribution is 7.08. The minimum absolute atomic E-state index is 0.234. The van der Waals surface area contributed by atoms with E-state index in [2.05, 4.69) is 5.10 Å². The first-order chi connectivity index (χ1) is 14.2. The molecule has 1 amide bonds. The number of amides is 1. The number of hydrogen-bond acceptors (Lipinski definition) is 7. The Balaban J connectivity index is 1.78. The van der Waals surface area contributed by atoms with Crippen LogP contribution in [0.5, 0.6) is 17.2 Å². The van der Waals surface area contributed by atoms with Crippen molar-refractivity contribution in [3.8, 4) is 17.2 Å². The predicted molar refractivity (Wildman–Crippen MR) is 109 cm³/mol. The van der Waals surface area contributed by atoms with Crippen LogP contribution in [0.3, 0.4) is 0 Å². The van der Waals surface area contributed by atoms with Gasteiger partial charge in [-0.2, -0.15) is 16.4 Å². The van der Waals surface area contributed by atoms with Gasteiger partial charge in [0.15, 0.2) is 17.3 Å². The van der Waals surface area contributed by atoms with E-state index in [0.29, 0.717) is 23.7 Å². The molecule has 3 aromatic rings. The summed E-state index contributed by atoms with van der Waals surface area (Å²) in [7, 11) is 4.68. The first-order valence-corrected chi connectivity index (χ1v) is 9.87. The lowest BCUT2D eigenvalue weighted by molar-refractivity contribution is 0.0678. The molecule has 0 bridgehead atoms. The second-order valence-electron chi connectivity index (χ2n) is 6.36. The van der Waals surface area contributed by atoms with Gasteiger partial charge in [0, 0.05) is 12.0 Å². The van der Waals surface area contributed by atoms with Crippen molar-refractivity contribution < 1.29 is 23.4 Å². The molecule has 150 valence electrons. The third-order valence-electron chi connectivity index (χ3n) is 4.78. The normalized spacial score (nSPS) is 15.9. The van der Waals surface area contributed by atoms with Crippen LogP contribution in [0.2, 0.25) is 0 Å². The number of methoxy groups -OCH3 is 3. The number of hydrogen-bond donors (Lipinski definition) is 0. The molecule has 0 radical (unpaired) electrons. The zero-order valence-corrected chi connectivity index (χ0v) is 17.1. The molecule has 0 N–H and O–H groups in total. The number of nitrogens with zero attached hydrogens (tertiary/aromatic N) is 2. The largest absolute Gasteiger partial charge is 0.493 e. The molecule has 29 heavy (non-hydrogen) atoms. The summed E-state index contributed by atoms with van der Waals surface area (Å²) in [6.45, 7) is 0. The van der Waals surface area contributed by atoms with E-state index in [4.69, 9.17) is 18.6 Å². The predicted octanol–water partition coefficient (Wildman–Crippen LogP) is 4.36. The standard InChI is InChI=1S/C21H20N2O5S/c1-25-18-9-14(10-19(26-2)20(18)27-3)16-11-15(13-6-8-29-12-13)22-23(16)21(24)17-5-4-7-28-17/h4-10,12,16H,11H2,1-3H3. The first kappa shape index (κ1) is 19.1. The highest BCUT2D eigenvalue weighted by Gasteiger charge is 2.36. The van der Waals surface area contributed by atoms with Crippen molar-refractivity contribution >= 4 is 23.0 Å². The molecular weight excluding hydrogens is 392 g/mol. The van der Waals surface area contributed by atoms with Crippen LogP contribution in [0, 0.1) is 0 Å². The van der Waals surface area contributed by atoms with Gasteiger partial charge in [-0.15, -0.1) is 0 Å². The molecule has 4 rings (SSSR count). The topological polar surface area (TPSA) is 73.5 Å². The number of carbonyl (C=O) groups is 1. The molecule has 8 heteroatoms. The Bertz CT molecular complexity index is 1000. The second-order valence-corrected chi connectivity index (χ2v) is 7.14. The van der Waals surface area contributed by atoms with Gasteiger partial charge in [-0.25, -0.2) is 5.01 Å². The fourth-order valence-corrected chi connectivity index (χ4v) is 4.03. The molecular formula is C21H20N2O5S. The van der Waals surface area contributed by atoms with Crippen LogP contribution in [-0.4, -0.2) is 38.0 Å². The fourth-order valence-electron chi connectivity index (χ4n) is 3.37. The maximum Gasteiger partial charge on any atom is 0.310 e. The van der Waals surface area contributed by atoms with Gasteiger partial charge in [0.25, 0.3) is 0 Å². The highest BCUT2D eigenvalue weighted by Crippen LogP contribution is 2.43. The molecule has 0 fully saturated rings. The molecule has 3 heterocycles. The third-order valence-corrected chi connectivity index (χ3v) is 5.46. The van der Waals surface area contributed by atoms with E-state index in [-0.39, 0.29) is 17.7 Å². The summed E-state index contributed by atoms with van der Waals surface area (Å²) in [5.74, 6) is 1.48. The van der Waals surface area contributed by atoms with Gasteiger partial charge >= 0.3 is 5.91 Å². The lowest BCUT2D eigenvalue weighted by atomic mass is 9.98. The minimum Gasteiger partial charge on any atom is -0.493 e. The highest BCUT2D eigenvalue weighted by atomic mass is 32.1. The Morgan fingerprint density at radius 1 is 1.17 bits per heavy atom. The summed E-state index contributed by atoms with van der Waals surface area (Å²) in [6, 6.07) is 8.67. The van der Waals surface area contributed by atoms with Crippen LogP contribution < -0.4 is 14.2 Å². The van der Waals surface area contributed by atoms with E-state index >= 15 is 0 Å². The maximum atomic E-state index is 13.1. The summed E-state index contributed by atoms with van der Waals surface area (Å²) < 4.78 is 21.7. The van der Waals surface area contributed by atoms with Crippen LogP contribution in [0.15, 0.2) is 56.9 Å². The van der Waals surface area contributed by atoms with Crippen molar-refractivity contribution in [3.63, 3.8) is 0 Å². The van der Waals surface area contributed by atoms with E-state index in [0.717, 1.165) is 16.8 Å². The zero-order valence-electron chi connectivity index (χ0n) is 16.2. The number of carbonyl (C=O) groups excluding carboxylic acids is 1. The summed E-state index contributed by atoms with van der Waals surface area (Å²) in [6.07, 6.45) is 2.03. The van der Waals surface area contributed by atoms with E-state index in [1.54, 1.807) is 44.8 Å². The summed E-state index contributed by atoms with van der Waals surface area (Å²) >= 11 is 1.59. The molecule has 1 atom stereocenters. The van der Waals surface area contributed by atoms with Crippen LogP contribution in [0.25, 0.3) is 0 Å². The van der Waals surface area contributed by atoms with Gasteiger partial charge in [0.2, 0.25) is 5.75 Å². The van der Waals surface area contributed by atoms with Gasteiger partial charge in [-0.3, -0.25) is 4.79 Å². The van der Waals surface area contributed by atoms with E-state index in [1.165, 1.54) is 11.3 Å². The molecule has 1 aliphatic heterocycles. The monoisotopic (exact) mass is 412 g/mol. The Hall–Kier alpha value is -3.26. The molecule has 1 aliphatic rings. The molecule has 0 saturated heterocycles. The average Bonchev–Trinajstić information content (AvgIpc) is 3.52. The van der Waals surface area contributed by atoms with Crippen molar-refractivity contribution in [2.24, 2.45) is 5.10 Å². The Labute approximate surface area is 172 Å². The Morgan fingerprint density at radius 2 is 1.93 bits per heavy atom. The number of furan rings is 1. The van der Waals surface area contributed by atoms with Crippen LogP contribution >= 0.6 is 11.3 Å². The van der Waals surface area contributed by atoms with Crippen molar-refractivity contribution in [1.82, 2.24) is 5.01 Å². The van der Waals surface area contributed by atoms with Crippen LogP contribution in [0.4, 0.5) is 0 Å². The minimum atomic E-state index is -0.337. The molecule has 0 aliphatic carbocycles. The molecule has 1 aromatic carbocycles. The number of ether oxygens (including phenoxy) is 3. The Morgan fingerprint density at radius 3 is 2.48 bits per heavy atom. The molecule has 0 saturated carbocycles. The van der Waals surface area contributed by atoms with Crippen LogP contribution in [0.1, 0.15) is 34.1 Å². The summed E-state index contributed by atoms with van der Waals surface area (Å²) in [5.41, 5.74) is 2.67. The SMILES string of the molecule is COc1cc(C2CC(c3ccsc3)=NN2C(=O)c2ccco2)cc(OC)c1OC. The molecule has 2 aromatic heterocycles. The maximum absolute atomic E-state index is 13.1. The van der Waals surface area contributed by atoms with Gasteiger partial charge in [-0.1, -0.05) is 0 Å². The Kier molecular flexibility index (Phi) is 5.26. The lowest BCUT2D eigenvalue weighted by Gasteiger charge is -2.23. The van der Waals surface area contributed by atoms with Gasteiger partial charge in [0.1, 0.15) is 0 Å². The van der Waals surface area contributed by atoms with Crippen molar-refractivity contribution in [2.45, 2.75) is 12.5 Å². The van der Waals surface area contributed by atoms with Crippen LogP contribution in [-0.2, 0) is 0 Å². The summed E-state index contributed by atoms with van der Waals surface area (Å²) in [5, 5.41) is 10.1.